The van der Waals surface area contributed by atoms with Crippen LogP contribution in [0.5, 0.6) is 0 Å². The minimum atomic E-state index is -0.00523. The van der Waals surface area contributed by atoms with Gasteiger partial charge >= 0.3 is 11.9 Å². The highest BCUT2D eigenvalue weighted by molar-refractivity contribution is 5.69. The lowest BCUT2D eigenvalue weighted by Crippen LogP contribution is -2.18. The molecule has 0 N–H and O–H groups in total. The lowest BCUT2D eigenvalue weighted by Gasteiger charge is -2.18. The van der Waals surface area contributed by atoms with E-state index in [0.29, 0.717) is 19.4 Å². The van der Waals surface area contributed by atoms with Gasteiger partial charge in [-0.05, 0) is 83.0 Å². The molecule has 1 atom stereocenters. The predicted molar refractivity (Wildman–Crippen MR) is 245 cm³/mol. The van der Waals surface area contributed by atoms with Gasteiger partial charge in [0.1, 0.15) is 6.10 Å². The Kier molecular flexibility index (Phi) is 44.8. The fraction of sp³-hybridized carbons (Fsp3) is 0.885. The fourth-order valence-corrected chi connectivity index (χ4v) is 7.59. The molecule has 0 spiro atoms. The summed E-state index contributed by atoms with van der Waals surface area (Å²) in [6.07, 6.45) is 56.1. The summed E-state index contributed by atoms with van der Waals surface area (Å²) >= 11 is 0. The van der Waals surface area contributed by atoms with E-state index in [4.69, 9.17) is 9.47 Å². The molecule has 0 bridgehead atoms. The van der Waals surface area contributed by atoms with Crippen molar-refractivity contribution in [2.24, 2.45) is 5.92 Å². The molecule has 0 amide bonds. The third-order valence-corrected chi connectivity index (χ3v) is 11.4. The van der Waals surface area contributed by atoms with E-state index >= 15 is 0 Å². The largest absolute Gasteiger partial charge is 0.466 e. The zero-order chi connectivity index (χ0) is 40.8. The molecule has 0 aliphatic carbocycles. The molecule has 0 saturated heterocycles. The molecule has 4 heteroatoms. The van der Waals surface area contributed by atoms with Gasteiger partial charge in [-0.3, -0.25) is 9.59 Å². The van der Waals surface area contributed by atoms with Crippen LogP contribution in [0.25, 0.3) is 0 Å². The fourth-order valence-electron chi connectivity index (χ4n) is 7.59. The maximum atomic E-state index is 12.7. The summed E-state index contributed by atoms with van der Waals surface area (Å²) in [6.45, 7) is 9.75. The lowest BCUT2D eigenvalue weighted by atomic mass is 10.0. The molecular formula is C52H98O4. The van der Waals surface area contributed by atoms with E-state index in [1.807, 2.05) is 0 Å². The molecular weight excluding hydrogens is 689 g/mol. The van der Waals surface area contributed by atoms with Crippen molar-refractivity contribution in [2.45, 2.75) is 284 Å². The molecule has 56 heavy (non-hydrogen) atoms. The Morgan fingerprint density at radius 2 is 0.786 bits per heavy atom. The standard InChI is InChI=1S/C52H98O4/c1-5-7-9-11-12-13-14-15-16-17-20-23-30-35-41-47-52(54)56-50(44-38-10-8-6-2)45-39-33-28-24-25-29-34-40-46-51(53)55-48-42-36-31-26-21-18-19-22-27-32-37-43-49(3)4/h12-13,15-16,49-50H,5-11,14,17-48H2,1-4H3/b13-12-,16-15-. The van der Waals surface area contributed by atoms with Crippen molar-refractivity contribution < 1.29 is 19.1 Å². The summed E-state index contributed by atoms with van der Waals surface area (Å²) in [6, 6.07) is 0. The number of allylic oxidation sites excluding steroid dienone is 4. The monoisotopic (exact) mass is 787 g/mol. The van der Waals surface area contributed by atoms with Crippen LogP contribution in [0.4, 0.5) is 0 Å². The van der Waals surface area contributed by atoms with Crippen molar-refractivity contribution in [1.82, 2.24) is 0 Å². The molecule has 0 aliphatic rings. The zero-order valence-corrected chi connectivity index (χ0v) is 38.4. The number of ether oxygens (including phenoxy) is 2. The van der Waals surface area contributed by atoms with E-state index in [9.17, 15) is 9.59 Å². The lowest BCUT2D eigenvalue weighted by molar-refractivity contribution is -0.150. The van der Waals surface area contributed by atoms with Crippen molar-refractivity contribution in [3.8, 4) is 0 Å². The zero-order valence-electron chi connectivity index (χ0n) is 38.4. The molecule has 0 heterocycles. The Labute approximate surface area is 351 Å². The summed E-state index contributed by atoms with van der Waals surface area (Å²) in [5.74, 6) is 0.872. The molecule has 0 aromatic rings. The second kappa shape index (κ2) is 46.1. The summed E-state index contributed by atoms with van der Waals surface area (Å²) in [5, 5.41) is 0. The number of carbonyl (C=O) groups is 2. The quantitative estimate of drug-likeness (QED) is 0.0350. The molecule has 1 unspecified atom stereocenters. The normalized spacial score (nSPS) is 12.4. The minimum Gasteiger partial charge on any atom is -0.466 e. The Morgan fingerprint density at radius 1 is 0.411 bits per heavy atom. The van der Waals surface area contributed by atoms with Gasteiger partial charge in [-0.15, -0.1) is 0 Å². The minimum absolute atomic E-state index is 0.00523. The highest BCUT2D eigenvalue weighted by Crippen LogP contribution is 2.19. The van der Waals surface area contributed by atoms with E-state index in [2.05, 4.69) is 52.0 Å². The highest BCUT2D eigenvalue weighted by Gasteiger charge is 2.14. The van der Waals surface area contributed by atoms with Crippen LogP contribution in [0.1, 0.15) is 278 Å². The van der Waals surface area contributed by atoms with Crippen LogP contribution in [0, 0.1) is 5.92 Å². The molecule has 0 aromatic heterocycles. The highest BCUT2D eigenvalue weighted by atomic mass is 16.5. The summed E-state index contributed by atoms with van der Waals surface area (Å²) in [7, 11) is 0. The van der Waals surface area contributed by atoms with Gasteiger partial charge in [0.2, 0.25) is 0 Å². The molecule has 0 aromatic carbocycles. The van der Waals surface area contributed by atoms with Gasteiger partial charge in [0.15, 0.2) is 0 Å². The maximum absolute atomic E-state index is 12.7. The molecule has 0 rings (SSSR count). The summed E-state index contributed by atoms with van der Waals surface area (Å²) < 4.78 is 11.5. The topological polar surface area (TPSA) is 52.6 Å². The smallest absolute Gasteiger partial charge is 0.306 e. The average molecular weight is 787 g/mol. The first kappa shape index (κ1) is 54.4. The van der Waals surface area contributed by atoms with Crippen molar-refractivity contribution in [3.05, 3.63) is 24.3 Å². The first-order valence-electron chi connectivity index (χ1n) is 25.1. The number of rotatable bonds is 45. The number of unbranched alkanes of at least 4 members (excludes halogenated alkanes) is 28. The van der Waals surface area contributed by atoms with Crippen molar-refractivity contribution in [1.29, 1.82) is 0 Å². The van der Waals surface area contributed by atoms with Crippen LogP contribution < -0.4 is 0 Å². The summed E-state index contributed by atoms with van der Waals surface area (Å²) in [4.78, 5) is 24.8. The summed E-state index contributed by atoms with van der Waals surface area (Å²) in [5.41, 5.74) is 0. The van der Waals surface area contributed by atoms with Crippen LogP contribution in [0.3, 0.4) is 0 Å². The van der Waals surface area contributed by atoms with Gasteiger partial charge in [-0.2, -0.15) is 0 Å². The van der Waals surface area contributed by atoms with Crippen molar-refractivity contribution in [2.75, 3.05) is 6.61 Å². The third-order valence-electron chi connectivity index (χ3n) is 11.4. The number of hydrogen-bond acceptors (Lipinski definition) is 4. The number of carbonyl (C=O) groups excluding carboxylic acids is 2. The third kappa shape index (κ3) is 45.1. The van der Waals surface area contributed by atoms with E-state index in [-0.39, 0.29) is 18.0 Å². The average Bonchev–Trinajstić information content (AvgIpc) is 3.18. The van der Waals surface area contributed by atoms with Crippen LogP contribution in [-0.2, 0) is 19.1 Å². The van der Waals surface area contributed by atoms with Crippen LogP contribution in [0.2, 0.25) is 0 Å². The van der Waals surface area contributed by atoms with E-state index in [0.717, 1.165) is 63.7 Å². The Hall–Kier alpha value is -1.58. The van der Waals surface area contributed by atoms with Gasteiger partial charge in [-0.1, -0.05) is 213 Å². The van der Waals surface area contributed by atoms with Gasteiger partial charge in [-0.25, -0.2) is 0 Å². The predicted octanol–water partition coefficient (Wildman–Crippen LogP) is 17.5. The van der Waals surface area contributed by atoms with Gasteiger partial charge < -0.3 is 9.47 Å². The molecule has 4 nitrogen and oxygen atoms in total. The van der Waals surface area contributed by atoms with Crippen molar-refractivity contribution >= 4 is 11.9 Å². The van der Waals surface area contributed by atoms with Crippen LogP contribution >= 0.6 is 0 Å². The number of esters is 2. The maximum Gasteiger partial charge on any atom is 0.306 e. The van der Waals surface area contributed by atoms with E-state index < -0.39 is 0 Å². The first-order chi connectivity index (χ1) is 27.5. The Balaban J connectivity index is 3.75. The second-order valence-electron chi connectivity index (χ2n) is 17.6. The van der Waals surface area contributed by atoms with Crippen LogP contribution in [-0.4, -0.2) is 24.6 Å². The van der Waals surface area contributed by atoms with Crippen LogP contribution in [0.15, 0.2) is 24.3 Å². The SMILES string of the molecule is CCCCC/C=C\C/C=C\CCCCCCCC(=O)OC(CCCCCC)CCCCCCCCCCC(=O)OCCCCCCCCCCCCCC(C)C. The van der Waals surface area contributed by atoms with E-state index in [1.165, 1.54) is 180 Å². The number of hydrogen-bond donors (Lipinski definition) is 0. The van der Waals surface area contributed by atoms with E-state index in [1.54, 1.807) is 0 Å². The molecule has 0 saturated carbocycles. The van der Waals surface area contributed by atoms with Gasteiger partial charge in [0, 0.05) is 12.8 Å². The molecule has 0 fully saturated rings. The Bertz CT molecular complexity index is 861. The first-order valence-corrected chi connectivity index (χ1v) is 25.1. The van der Waals surface area contributed by atoms with Crippen molar-refractivity contribution in [3.63, 3.8) is 0 Å². The molecule has 0 radical (unpaired) electrons. The van der Waals surface area contributed by atoms with Gasteiger partial charge in [0.05, 0.1) is 6.61 Å². The molecule has 0 aliphatic heterocycles. The molecule has 330 valence electrons. The Morgan fingerprint density at radius 3 is 1.29 bits per heavy atom. The van der Waals surface area contributed by atoms with Gasteiger partial charge in [0.25, 0.3) is 0 Å². The second-order valence-corrected chi connectivity index (χ2v) is 17.6.